The summed E-state index contributed by atoms with van der Waals surface area (Å²) in [6, 6.07) is 0. The Labute approximate surface area is 122 Å². The summed E-state index contributed by atoms with van der Waals surface area (Å²) in [5.74, 6) is 0.863. The smallest absolute Gasteiger partial charge is 0.227 e. The second-order valence-electron chi connectivity index (χ2n) is 2.53. The van der Waals surface area contributed by atoms with E-state index >= 15 is 0 Å². The number of nitrogens with two attached hydrogens (primary N) is 3. The van der Waals surface area contributed by atoms with Crippen molar-refractivity contribution in [1.82, 2.24) is 29.9 Å². The summed E-state index contributed by atoms with van der Waals surface area (Å²) >= 11 is 5.30. The summed E-state index contributed by atoms with van der Waals surface area (Å²) in [5, 5.41) is 2.85. The van der Waals surface area contributed by atoms with Gasteiger partial charge in [0.05, 0.1) is 0 Å². The fourth-order valence-corrected chi connectivity index (χ4v) is 0.848. The summed E-state index contributed by atoms with van der Waals surface area (Å²) in [5.41, 5.74) is 14.8. The first-order chi connectivity index (χ1) is 9.11. The highest BCUT2D eigenvalue weighted by Crippen LogP contribution is 1.96. The number of hydrogen-bond donors (Lipinski definition) is 4. The minimum atomic E-state index is 0. The van der Waals surface area contributed by atoms with Crippen LogP contribution in [0.15, 0.2) is 12.7 Å². The lowest BCUT2D eigenvalue weighted by molar-refractivity contribution is 1.06. The van der Waals surface area contributed by atoms with Crippen LogP contribution < -0.4 is 22.5 Å². The number of nitrogen functional groups attached to an aromatic ring is 2. The van der Waals surface area contributed by atoms with Gasteiger partial charge in [0.1, 0.15) is 12.7 Å². The molecule has 20 heavy (non-hydrogen) atoms. The molecular weight excluding hydrogens is 284 g/mol. The van der Waals surface area contributed by atoms with Crippen molar-refractivity contribution in [3.05, 3.63) is 17.9 Å². The van der Waals surface area contributed by atoms with Gasteiger partial charge in [0.2, 0.25) is 23.1 Å². The van der Waals surface area contributed by atoms with Gasteiger partial charge in [-0.2, -0.15) is 9.97 Å². The summed E-state index contributed by atoms with van der Waals surface area (Å²) in [6.45, 7) is 0. The fraction of sp³-hybridized carbons (Fsp3) is 0.333. The molecule has 0 aliphatic carbocycles. The molecule has 2 aromatic rings. The molecule has 0 saturated heterocycles. The zero-order valence-electron chi connectivity index (χ0n) is 10.4. The highest BCUT2D eigenvalue weighted by Gasteiger charge is 1.90. The van der Waals surface area contributed by atoms with Gasteiger partial charge in [0.25, 0.3) is 0 Å². The van der Waals surface area contributed by atoms with Crippen LogP contribution in [-0.4, -0.2) is 44.0 Å². The maximum absolute atomic E-state index is 5.30. The molecule has 0 fully saturated rings. The second kappa shape index (κ2) is 11.7. The Bertz CT molecular complexity index is 463. The fourth-order valence-electron chi connectivity index (χ4n) is 0.717. The molecule has 0 aliphatic heterocycles. The summed E-state index contributed by atoms with van der Waals surface area (Å²) in [7, 11) is 3.22. The first-order valence-corrected chi connectivity index (χ1v) is 5.29. The maximum atomic E-state index is 5.30. The molecule has 0 amide bonds. The standard InChI is InChI=1S/C4H7N5.C3H3ClN4.CH5N.CH4/c1-6-4-8-2-7-3(5)9-4;4-2-6-1-7-3(5)8-2;1-2;/h2H,1H3,(H3,5,6,7,8,9);1H,(H2,5,6,7,8);2H2,1H3;1H4. The van der Waals surface area contributed by atoms with Crippen molar-refractivity contribution in [2.75, 3.05) is 30.9 Å². The molecule has 7 N–H and O–H groups in total. The van der Waals surface area contributed by atoms with Crippen molar-refractivity contribution in [1.29, 1.82) is 0 Å². The summed E-state index contributed by atoms with van der Waals surface area (Å²) in [4.78, 5) is 21.6. The van der Waals surface area contributed by atoms with Gasteiger partial charge >= 0.3 is 0 Å². The van der Waals surface area contributed by atoms with E-state index in [-0.39, 0.29) is 24.6 Å². The van der Waals surface area contributed by atoms with Gasteiger partial charge < -0.3 is 22.5 Å². The lowest BCUT2D eigenvalue weighted by atomic mass is 10.9. The first-order valence-electron chi connectivity index (χ1n) is 4.92. The van der Waals surface area contributed by atoms with Gasteiger partial charge in [-0.05, 0) is 18.6 Å². The topological polar surface area (TPSA) is 167 Å². The maximum Gasteiger partial charge on any atom is 0.227 e. The van der Waals surface area contributed by atoms with Crippen LogP contribution in [0.5, 0.6) is 0 Å². The molecule has 0 saturated carbocycles. The van der Waals surface area contributed by atoms with Crippen LogP contribution in [0.4, 0.5) is 17.8 Å². The summed E-state index contributed by atoms with van der Waals surface area (Å²) < 4.78 is 0. The Hall–Kier alpha value is -2.33. The number of nitrogens with zero attached hydrogens (tertiary/aromatic N) is 6. The second-order valence-corrected chi connectivity index (χ2v) is 2.87. The van der Waals surface area contributed by atoms with E-state index in [9.17, 15) is 0 Å². The zero-order chi connectivity index (χ0) is 14.7. The molecule has 0 unspecified atom stereocenters. The van der Waals surface area contributed by atoms with Gasteiger partial charge in [0.15, 0.2) is 0 Å². The van der Waals surface area contributed by atoms with Gasteiger partial charge in [-0.15, -0.1) is 0 Å². The van der Waals surface area contributed by atoms with Crippen LogP contribution in [-0.2, 0) is 0 Å². The number of anilines is 3. The Balaban J connectivity index is 0. The van der Waals surface area contributed by atoms with E-state index in [4.69, 9.17) is 23.1 Å². The largest absolute Gasteiger partial charge is 0.368 e. The molecule has 0 spiro atoms. The van der Waals surface area contributed by atoms with Gasteiger partial charge in [-0.1, -0.05) is 7.43 Å². The van der Waals surface area contributed by atoms with Crippen molar-refractivity contribution >= 4 is 29.4 Å². The highest BCUT2D eigenvalue weighted by atomic mass is 35.5. The van der Waals surface area contributed by atoms with Crippen LogP contribution in [0.3, 0.4) is 0 Å². The molecule has 0 radical (unpaired) electrons. The van der Waals surface area contributed by atoms with Crippen LogP contribution in [0.25, 0.3) is 0 Å². The molecule has 0 aromatic carbocycles. The van der Waals surface area contributed by atoms with Crippen molar-refractivity contribution in [2.24, 2.45) is 5.73 Å². The molecule has 112 valence electrons. The van der Waals surface area contributed by atoms with Crippen LogP contribution in [0.2, 0.25) is 5.28 Å². The average Bonchev–Trinajstić information content (AvgIpc) is 2.41. The van der Waals surface area contributed by atoms with E-state index in [1.165, 1.54) is 19.7 Å². The van der Waals surface area contributed by atoms with E-state index in [1.807, 2.05) is 0 Å². The number of aromatic nitrogens is 6. The monoisotopic (exact) mass is 302 g/mol. The predicted molar refractivity (Wildman–Crippen MR) is 79.9 cm³/mol. The number of hydrogen-bond acceptors (Lipinski definition) is 10. The Morgan fingerprint density at radius 2 is 1.45 bits per heavy atom. The third kappa shape index (κ3) is 8.72. The molecule has 11 heteroatoms. The SMILES string of the molecule is C.CN.CNc1ncnc(N)n1.Nc1ncnc(Cl)n1. The van der Waals surface area contributed by atoms with Crippen LogP contribution in [0, 0.1) is 0 Å². The van der Waals surface area contributed by atoms with Crippen LogP contribution in [0.1, 0.15) is 7.43 Å². The summed E-state index contributed by atoms with van der Waals surface area (Å²) in [6.07, 6.45) is 2.61. The minimum absolute atomic E-state index is 0. The van der Waals surface area contributed by atoms with Crippen molar-refractivity contribution < 1.29 is 0 Å². The van der Waals surface area contributed by atoms with Crippen molar-refractivity contribution in [3.8, 4) is 0 Å². The van der Waals surface area contributed by atoms with E-state index in [0.717, 1.165) is 0 Å². The van der Waals surface area contributed by atoms with E-state index < -0.39 is 0 Å². The predicted octanol–water partition coefficient (Wildman–Crippen LogP) is -0.186. The molecule has 2 rings (SSSR count). The molecule has 0 atom stereocenters. The highest BCUT2D eigenvalue weighted by molar-refractivity contribution is 6.28. The first kappa shape index (κ1) is 20.0. The van der Waals surface area contributed by atoms with E-state index in [0.29, 0.717) is 5.95 Å². The Morgan fingerprint density at radius 1 is 0.950 bits per heavy atom. The average molecular weight is 303 g/mol. The number of halogens is 1. The Kier molecular flexibility index (Phi) is 11.7. The third-order valence-corrected chi connectivity index (χ3v) is 1.56. The molecule has 0 bridgehead atoms. The minimum Gasteiger partial charge on any atom is -0.368 e. The Morgan fingerprint density at radius 3 is 1.75 bits per heavy atom. The lowest BCUT2D eigenvalue weighted by Crippen LogP contribution is -2.00. The van der Waals surface area contributed by atoms with E-state index in [1.54, 1.807) is 7.05 Å². The number of rotatable bonds is 1. The third-order valence-electron chi connectivity index (χ3n) is 1.38. The normalized spacial score (nSPS) is 8.00. The van der Waals surface area contributed by atoms with Gasteiger partial charge in [-0.3, -0.25) is 0 Å². The quantitative estimate of drug-likeness (QED) is 0.554. The molecule has 2 heterocycles. The number of nitrogens with one attached hydrogen (secondary N) is 1. The molecule has 0 aliphatic rings. The molecule has 2 aromatic heterocycles. The van der Waals surface area contributed by atoms with Crippen molar-refractivity contribution in [2.45, 2.75) is 7.43 Å². The lowest BCUT2D eigenvalue weighted by Gasteiger charge is -1.94. The van der Waals surface area contributed by atoms with Gasteiger partial charge in [0, 0.05) is 7.05 Å². The molecule has 10 nitrogen and oxygen atoms in total. The van der Waals surface area contributed by atoms with E-state index in [2.05, 4.69) is 41.0 Å². The molecular formula is C9H19ClN10. The zero-order valence-corrected chi connectivity index (χ0v) is 11.2. The van der Waals surface area contributed by atoms with Crippen molar-refractivity contribution in [3.63, 3.8) is 0 Å². The van der Waals surface area contributed by atoms with Gasteiger partial charge in [-0.25, -0.2) is 19.9 Å². The van der Waals surface area contributed by atoms with Crippen LogP contribution >= 0.6 is 11.6 Å².